The fourth-order valence-electron chi connectivity index (χ4n) is 2.86. The van der Waals surface area contributed by atoms with Gasteiger partial charge in [0.1, 0.15) is 0 Å². The van der Waals surface area contributed by atoms with Gasteiger partial charge in [0.15, 0.2) is 0 Å². The number of rotatable bonds is 7. The van der Waals surface area contributed by atoms with E-state index in [4.69, 9.17) is 0 Å². The molecule has 0 bridgehead atoms. The van der Waals surface area contributed by atoms with Gasteiger partial charge in [0.25, 0.3) is 0 Å². The Balaban J connectivity index is 2.10. The van der Waals surface area contributed by atoms with Crippen molar-refractivity contribution < 1.29 is 0 Å². The van der Waals surface area contributed by atoms with Crippen molar-refractivity contribution in [1.82, 2.24) is 10.6 Å². The van der Waals surface area contributed by atoms with Crippen LogP contribution in [0.25, 0.3) is 0 Å². The molecule has 1 aliphatic rings. The van der Waals surface area contributed by atoms with Crippen LogP contribution < -0.4 is 10.6 Å². The van der Waals surface area contributed by atoms with Crippen molar-refractivity contribution >= 4 is 0 Å². The van der Waals surface area contributed by atoms with Crippen molar-refractivity contribution in [2.24, 2.45) is 16.7 Å². The molecule has 0 aliphatic heterocycles. The van der Waals surface area contributed by atoms with Crippen molar-refractivity contribution in [1.29, 1.82) is 0 Å². The average Bonchev–Trinajstić information content (AvgIpc) is 2.54. The van der Waals surface area contributed by atoms with E-state index in [1.807, 2.05) is 0 Å². The maximum atomic E-state index is 3.61. The summed E-state index contributed by atoms with van der Waals surface area (Å²) in [6.45, 7) is 17.4. The standard InChI is InChI=1S/C14H30N2/c1-7-16-11(2)8-9-15-10-12-13(3,4)14(12,5)6/h11-12,15-16H,7-10H2,1-6H3. The molecule has 0 heterocycles. The van der Waals surface area contributed by atoms with Gasteiger partial charge in [0.2, 0.25) is 0 Å². The van der Waals surface area contributed by atoms with Gasteiger partial charge in [-0.3, -0.25) is 0 Å². The molecule has 0 aromatic heterocycles. The molecule has 0 saturated heterocycles. The molecule has 0 amide bonds. The van der Waals surface area contributed by atoms with Gasteiger partial charge >= 0.3 is 0 Å². The Bertz CT molecular complexity index is 207. The van der Waals surface area contributed by atoms with Gasteiger partial charge in [0.05, 0.1) is 0 Å². The molecule has 96 valence electrons. The van der Waals surface area contributed by atoms with E-state index in [-0.39, 0.29) is 0 Å². The molecule has 0 radical (unpaired) electrons. The Morgan fingerprint density at radius 2 is 1.69 bits per heavy atom. The zero-order valence-electron chi connectivity index (χ0n) is 12.0. The monoisotopic (exact) mass is 226 g/mol. The number of hydrogen-bond acceptors (Lipinski definition) is 2. The molecule has 1 saturated carbocycles. The lowest BCUT2D eigenvalue weighted by molar-refractivity contribution is 0.457. The summed E-state index contributed by atoms with van der Waals surface area (Å²) in [6, 6.07) is 0.637. The summed E-state index contributed by atoms with van der Waals surface area (Å²) in [7, 11) is 0. The Labute approximate surface area is 102 Å². The third-order valence-electron chi connectivity index (χ3n) is 4.97. The van der Waals surface area contributed by atoms with E-state index >= 15 is 0 Å². The minimum Gasteiger partial charge on any atom is -0.316 e. The lowest BCUT2D eigenvalue weighted by Crippen LogP contribution is -2.30. The van der Waals surface area contributed by atoms with E-state index in [9.17, 15) is 0 Å². The molecule has 2 N–H and O–H groups in total. The largest absolute Gasteiger partial charge is 0.316 e. The van der Waals surface area contributed by atoms with Gasteiger partial charge in [-0.1, -0.05) is 34.6 Å². The molecule has 1 aliphatic carbocycles. The van der Waals surface area contributed by atoms with E-state index in [1.165, 1.54) is 13.0 Å². The summed E-state index contributed by atoms with van der Waals surface area (Å²) in [6.07, 6.45) is 1.22. The van der Waals surface area contributed by atoms with Gasteiger partial charge in [-0.2, -0.15) is 0 Å². The van der Waals surface area contributed by atoms with Crippen LogP contribution in [0, 0.1) is 16.7 Å². The minimum atomic E-state index is 0.521. The van der Waals surface area contributed by atoms with Gasteiger partial charge in [-0.15, -0.1) is 0 Å². The highest BCUT2D eigenvalue weighted by molar-refractivity contribution is 5.12. The SMILES string of the molecule is CCNC(C)CCNCC1C(C)(C)C1(C)C. The molecule has 16 heavy (non-hydrogen) atoms. The lowest BCUT2D eigenvalue weighted by Gasteiger charge is -2.12. The van der Waals surface area contributed by atoms with Gasteiger partial charge < -0.3 is 10.6 Å². The van der Waals surface area contributed by atoms with Crippen LogP contribution in [-0.2, 0) is 0 Å². The maximum Gasteiger partial charge on any atom is 0.00506 e. The van der Waals surface area contributed by atoms with Crippen LogP contribution in [0.15, 0.2) is 0 Å². The predicted molar refractivity (Wildman–Crippen MR) is 71.7 cm³/mol. The summed E-state index contributed by atoms with van der Waals surface area (Å²) in [5.41, 5.74) is 1.04. The second-order valence-corrected chi connectivity index (χ2v) is 6.45. The molecule has 1 rings (SSSR count). The summed E-state index contributed by atoms with van der Waals surface area (Å²) < 4.78 is 0. The number of hydrogen-bond donors (Lipinski definition) is 2. The van der Waals surface area contributed by atoms with Crippen molar-refractivity contribution in [2.75, 3.05) is 19.6 Å². The van der Waals surface area contributed by atoms with Crippen molar-refractivity contribution in [3.05, 3.63) is 0 Å². The fourth-order valence-corrected chi connectivity index (χ4v) is 2.86. The first-order valence-electron chi connectivity index (χ1n) is 6.78. The molecule has 0 spiro atoms. The van der Waals surface area contributed by atoms with E-state index < -0.39 is 0 Å². The molecule has 0 aromatic rings. The zero-order chi connectivity index (χ0) is 12.4. The van der Waals surface area contributed by atoms with Crippen LogP contribution in [0.5, 0.6) is 0 Å². The van der Waals surface area contributed by atoms with Gasteiger partial charge in [-0.25, -0.2) is 0 Å². The highest BCUT2D eigenvalue weighted by Crippen LogP contribution is 2.67. The highest BCUT2D eigenvalue weighted by Gasteiger charge is 2.63. The van der Waals surface area contributed by atoms with Crippen LogP contribution in [0.4, 0.5) is 0 Å². The Kier molecular flexibility index (Phi) is 4.42. The molecule has 2 heteroatoms. The first-order valence-corrected chi connectivity index (χ1v) is 6.78. The molecule has 2 nitrogen and oxygen atoms in total. The van der Waals surface area contributed by atoms with Crippen LogP contribution in [0.1, 0.15) is 48.0 Å². The Morgan fingerprint density at radius 1 is 1.12 bits per heavy atom. The molecule has 1 unspecified atom stereocenters. The molecule has 1 atom stereocenters. The number of nitrogens with one attached hydrogen (secondary N) is 2. The molecular formula is C14H30N2. The second kappa shape index (κ2) is 5.05. The van der Waals surface area contributed by atoms with Crippen molar-refractivity contribution in [3.8, 4) is 0 Å². The Morgan fingerprint density at radius 3 is 2.12 bits per heavy atom. The average molecular weight is 226 g/mol. The topological polar surface area (TPSA) is 24.1 Å². The quantitative estimate of drug-likeness (QED) is 0.652. The molecule has 0 aromatic carbocycles. The molecular weight excluding hydrogens is 196 g/mol. The third kappa shape index (κ3) is 2.78. The van der Waals surface area contributed by atoms with E-state index in [1.54, 1.807) is 0 Å². The zero-order valence-corrected chi connectivity index (χ0v) is 12.0. The van der Waals surface area contributed by atoms with E-state index in [0.29, 0.717) is 16.9 Å². The highest BCUT2D eigenvalue weighted by atomic mass is 14.9. The summed E-state index contributed by atoms with van der Waals surface area (Å²) in [5, 5.41) is 7.05. The third-order valence-corrected chi connectivity index (χ3v) is 4.97. The van der Waals surface area contributed by atoms with Crippen molar-refractivity contribution in [3.63, 3.8) is 0 Å². The lowest BCUT2D eigenvalue weighted by atomic mass is 10.0. The van der Waals surface area contributed by atoms with E-state index in [0.717, 1.165) is 19.0 Å². The van der Waals surface area contributed by atoms with Crippen LogP contribution in [-0.4, -0.2) is 25.7 Å². The van der Waals surface area contributed by atoms with Crippen molar-refractivity contribution in [2.45, 2.75) is 54.0 Å². The Hall–Kier alpha value is -0.0800. The normalized spacial score (nSPS) is 24.4. The molecule has 1 fully saturated rings. The summed E-state index contributed by atoms with van der Waals surface area (Å²) >= 11 is 0. The summed E-state index contributed by atoms with van der Waals surface area (Å²) in [4.78, 5) is 0. The minimum absolute atomic E-state index is 0.521. The first-order chi connectivity index (χ1) is 7.34. The van der Waals surface area contributed by atoms with E-state index in [2.05, 4.69) is 52.2 Å². The first kappa shape index (κ1) is 14.0. The fraction of sp³-hybridized carbons (Fsp3) is 1.00. The summed E-state index contributed by atoms with van der Waals surface area (Å²) in [5.74, 6) is 0.842. The smallest absolute Gasteiger partial charge is 0.00506 e. The van der Waals surface area contributed by atoms with Gasteiger partial charge in [-0.05, 0) is 49.7 Å². The van der Waals surface area contributed by atoms with Gasteiger partial charge in [0, 0.05) is 6.04 Å². The maximum absolute atomic E-state index is 3.61. The van der Waals surface area contributed by atoms with Crippen LogP contribution in [0.2, 0.25) is 0 Å². The van der Waals surface area contributed by atoms with Crippen LogP contribution in [0.3, 0.4) is 0 Å². The van der Waals surface area contributed by atoms with Crippen LogP contribution >= 0.6 is 0 Å². The second-order valence-electron chi connectivity index (χ2n) is 6.45. The predicted octanol–water partition coefficient (Wildman–Crippen LogP) is 2.65.